The molecule has 0 aliphatic carbocycles. The van der Waals surface area contributed by atoms with E-state index < -0.39 is 0 Å². The summed E-state index contributed by atoms with van der Waals surface area (Å²) in [6.45, 7) is 0. The zero-order valence-electron chi connectivity index (χ0n) is 23.9. The Kier molecular flexibility index (Phi) is 5.74. The summed E-state index contributed by atoms with van der Waals surface area (Å²) in [6.07, 6.45) is 6.93. The van der Waals surface area contributed by atoms with Crippen molar-refractivity contribution in [1.82, 2.24) is 29.5 Å². The second-order valence-corrected chi connectivity index (χ2v) is 11.0. The van der Waals surface area contributed by atoms with Gasteiger partial charge < -0.3 is 9.30 Å². The van der Waals surface area contributed by atoms with Crippen molar-refractivity contribution in [2.24, 2.45) is 0 Å². The maximum Gasteiger partial charge on any atom is 0.164 e. The highest BCUT2D eigenvalue weighted by Gasteiger charge is 2.33. The van der Waals surface area contributed by atoms with Gasteiger partial charge in [0.2, 0.25) is 0 Å². The molecular formula is C38H24N6O. The maximum atomic E-state index is 6.47. The predicted octanol–water partition coefficient (Wildman–Crippen LogP) is 8.24. The Hall–Kier alpha value is -6.21. The number of para-hydroxylation sites is 1. The maximum absolute atomic E-state index is 6.47. The second kappa shape index (κ2) is 10.2. The van der Waals surface area contributed by atoms with E-state index in [-0.39, 0.29) is 6.10 Å². The highest BCUT2D eigenvalue weighted by atomic mass is 16.5. The largest absolute Gasteiger partial charge is 0.480 e. The first-order chi connectivity index (χ1) is 22.3. The molecule has 0 unspecified atom stereocenters. The average molecular weight is 581 g/mol. The first kappa shape index (κ1) is 25.3. The zero-order chi connectivity index (χ0) is 29.7. The number of nitrogens with zero attached hydrogens (tertiary/aromatic N) is 6. The summed E-state index contributed by atoms with van der Waals surface area (Å²) in [5.74, 6) is 2.74. The number of benzene rings is 4. The summed E-state index contributed by atoms with van der Waals surface area (Å²) in [6, 6.07) is 39.3. The van der Waals surface area contributed by atoms with Gasteiger partial charge in [-0.3, -0.25) is 9.97 Å². The van der Waals surface area contributed by atoms with Crippen LogP contribution in [0.3, 0.4) is 0 Å². The van der Waals surface area contributed by atoms with Crippen molar-refractivity contribution in [2.75, 3.05) is 0 Å². The van der Waals surface area contributed by atoms with Crippen molar-refractivity contribution in [3.8, 4) is 45.6 Å². The summed E-state index contributed by atoms with van der Waals surface area (Å²) in [5, 5.41) is 2.31. The van der Waals surface area contributed by atoms with Gasteiger partial charge in [-0.05, 0) is 72.3 Å². The van der Waals surface area contributed by atoms with Crippen molar-refractivity contribution in [1.29, 1.82) is 0 Å². The van der Waals surface area contributed by atoms with Crippen LogP contribution in [0.25, 0.3) is 61.7 Å². The molecule has 0 saturated heterocycles. The van der Waals surface area contributed by atoms with Gasteiger partial charge in [-0.2, -0.15) is 0 Å². The minimum atomic E-state index is -0.0403. The molecule has 4 aromatic carbocycles. The molecule has 1 aliphatic heterocycles. The SMILES string of the molecule is c1ccc([C@@H]2Oc3c2ccc2c3c3ccccc3n2-c2ccc(-c3nc(-c4ccncc4)nc(-c4ccncc4)n3)cc2)cc1. The molecule has 0 amide bonds. The molecule has 1 atom stereocenters. The van der Waals surface area contributed by atoms with E-state index >= 15 is 0 Å². The smallest absolute Gasteiger partial charge is 0.164 e. The molecule has 45 heavy (non-hydrogen) atoms. The molecule has 7 heteroatoms. The molecule has 212 valence electrons. The van der Waals surface area contributed by atoms with Gasteiger partial charge in [-0.1, -0.05) is 48.5 Å². The van der Waals surface area contributed by atoms with E-state index in [0.29, 0.717) is 17.5 Å². The summed E-state index contributed by atoms with van der Waals surface area (Å²) in [5.41, 5.74) is 8.30. The third-order valence-electron chi connectivity index (χ3n) is 8.34. The van der Waals surface area contributed by atoms with Crippen LogP contribution in [0.4, 0.5) is 0 Å². The summed E-state index contributed by atoms with van der Waals surface area (Å²) >= 11 is 0. The summed E-state index contributed by atoms with van der Waals surface area (Å²) in [7, 11) is 0. The molecule has 9 rings (SSSR count). The van der Waals surface area contributed by atoms with Gasteiger partial charge in [0.25, 0.3) is 0 Å². The van der Waals surface area contributed by atoms with Crippen LogP contribution in [-0.4, -0.2) is 29.5 Å². The Labute approximate surface area is 258 Å². The summed E-state index contributed by atoms with van der Waals surface area (Å²) in [4.78, 5) is 22.8. The fourth-order valence-corrected chi connectivity index (χ4v) is 6.18. The van der Waals surface area contributed by atoms with Crippen LogP contribution in [0.2, 0.25) is 0 Å². The monoisotopic (exact) mass is 580 g/mol. The number of fused-ring (bicyclic) bond motifs is 5. The van der Waals surface area contributed by atoms with E-state index in [1.807, 2.05) is 30.3 Å². The van der Waals surface area contributed by atoms with E-state index in [1.54, 1.807) is 24.8 Å². The first-order valence-corrected chi connectivity index (χ1v) is 14.8. The number of pyridine rings is 2. The third kappa shape index (κ3) is 4.17. The number of aromatic nitrogens is 6. The van der Waals surface area contributed by atoms with Crippen molar-refractivity contribution in [3.05, 3.63) is 151 Å². The van der Waals surface area contributed by atoms with Gasteiger partial charge >= 0.3 is 0 Å². The van der Waals surface area contributed by atoms with Gasteiger partial charge in [0.05, 0.1) is 16.4 Å². The number of ether oxygens (including phenoxy) is 1. The van der Waals surface area contributed by atoms with Crippen LogP contribution < -0.4 is 4.74 Å². The fraction of sp³-hybridized carbons (Fsp3) is 0.0263. The molecule has 0 radical (unpaired) electrons. The molecule has 0 saturated carbocycles. The van der Waals surface area contributed by atoms with E-state index in [1.165, 1.54) is 16.5 Å². The third-order valence-corrected chi connectivity index (χ3v) is 8.34. The fourth-order valence-electron chi connectivity index (χ4n) is 6.18. The molecule has 8 aromatic rings. The Bertz CT molecular complexity index is 2280. The van der Waals surface area contributed by atoms with Gasteiger partial charge in [-0.15, -0.1) is 0 Å². The molecule has 0 bridgehead atoms. The molecular weight excluding hydrogens is 556 g/mol. The number of rotatable bonds is 5. The molecule has 0 spiro atoms. The lowest BCUT2D eigenvalue weighted by Gasteiger charge is -2.32. The van der Waals surface area contributed by atoms with E-state index in [4.69, 9.17) is 19.7 Å². The standard InChI is InChI=1S/C38H24N6O/c1-2-6-24(7-3-1)34-30-14-15-32-33(35(30)45-34)29-8-4-5-9-31(29)44(32)28-12-10-25(11-13-28)36-41-37(26-16-20-39-21-17-26)43-38(42-36)27-18-22-40-23-19-27/h1-23,34H/t34-/m0/s1. The minimum absolute atomic E-state index is 0.0403. The van der Waals surface area contributed by atoms with Crippen molar-refractivity contribution in [3.63, 3.8) is 0 Å². The van der Waals surface area contributed by atoms with Crippen LogP contribution in [0.15, 0.2) is 140 Å². The molecule has 1 aliphatic rings. The lowest BCUT2D eigenvalue weighted by molar-refractivity contribution is 0.190. The molecule has 0 N–H and O–H groups in total. The Morgan fingerprint density at radius 1 is 0.511 bits per heavy atom. The van der Waals surface area contributed by atoms with Crippen LogP contribution in [0.5, 0.6) is 5.75 Å². The van der Waals surface area contributed by atoms with E-state index in [2.05, 4.69) is 99.5 Å². The van der Waals surface area contributed by atoms with Gasteiger partial charge in [0.15, 0.2) is 23.6 Å². The summed E-state index contributed by atoms with van der Waals surface area (Å²) < 4.78 is 8.77. The highest BCUT2D eigenvalue weighted by molar-refractivity contribution is 6.13. The van der Waals surface area contributed by atoms with Crippen molar-refractivity contribution < 1.29 is 4.74 Å². The molecule has 4 aromatic heterocycles. The molecule has 7 nitrogen and oxygen atoms in total. The van der Waals surface area contributed by atoms with Gasteiger partial charge in [0, 0.05) is 58.1 Å². The van der Waals surface area contributed by atoms with E-state index in [0.717, 1.165) is 44.5 Å². The lowest BCUT2D eigenvalue weighted by Crippen LogP contribution is -2.20. The van der Waals surface area contributed by atoms with Crippen molar-refractivity contribution in [2.45, 2.75) is 6.10 Å². The topological polar surface area (TPSA) is 78.6 Å². The normalized spacial score (nSPS) is 13.7. The molecule has 0 fully saturated rings. The zero-order valence-corrected chi connectivity index (χ0v) is 23.9. The minimum Gasteiger partial charge on any atom is -0.480 e. The highest BCUT2D eigenvalue weighted by Crippen LogP contribution is 2.50. The van der Waals surface area contributed by atoms with Crippen molar-refractivity contribution >= 4 is 21.8 Å². The quantitative estimate of drug-likeness (QED) is 0.204. The van der Waals surface area contributed by atoms with Gasteiger partial charge in [-0.25, -0.2) is 15.0 Å². The van der Waals surface area contributed by atoms with Crippen LogP contribution in [0, 0.1) is 0 Å². The van der Waals surface area contributed by atoms with Crippen LogP contribution in [0.1, 0.15) is 17.2 Å². The first-order valence-electron chi connectivity index (χ1n) is 14.8. The Balaban J connectivity index is 1.15. The van der Waals surface area contributed by atoms with Crippen LogP contribution in [-0.2, 0) is 0 Å². The Morgan fingerprint density at radius 3 is 1.73 bits per heavy atom. The average Bonchev–Trinajstić information content (AvgIpc) is 3.43. The second-order valence-electron chi connectivity index (χ2n) is 11.0. The van der Waals surface area contributed by atoms with Crippen LogP contribution >= 0.6 is 0 Å². The number of hydrogen-bond donors (Lipinski definition) is 0. The lowest BCUT2D eigenvalue weighted by atomic mass is 9.93. The Morgan fingerprint density at radius 2 is 1.09 bits per heavy atom. The number of hydrogen-bond acceptors (Lipinski definition) is 6. The predicted molar refractivity (Wildman–Crippen MR) is 175 cm³/mol. The van der Waals surface area contributed by atoms with E-state index in [9.17, 15) is 0 Å². The van der Waals surface area contributed by atoms with Gasteiger partial charge in [0.1, 0.15) is 5.75 Å². The molecule has 5 heterocycles.